The van der Waals surface area contributed by atoms with Crippen LogP contribution in [0.1, 0.15) is 53.9 Å². The normalized spacial score (nSPS) is 13.8. The van der Waals surface area contributed by atoms with Crippen molar-refractivity contribution in [1.29, 1.82) is 0 Å². The molecule has 0 bridgehead atoms. The molecule has 0 aliphatic rings. The topological polar surface area (TPSA) is 122 Å². The van der Waals surface area contributed by atoms with Crippen LogP contribution in [0.15, 0.2) is 84.9 Å². The van der Waals surface area contributed by atoms with Crippen LogP contribution in [0.25, 0.3) is 0 Å². The first-order valence-corrected chi connectivity index (χ1v) is 11.8. The van der Waals surface area contributed by atoms with Crippen LogP contribution in [-0.4, -0.2) is 35.0 Å². The number of carbonyl (C=O) groups is 3. The highest BCUT2D eigenvalue weighted by Gasteiger charge is 2.32. The number of benzene rings is 3. The van der Waals surface area contributed by atoms with Crippen LogP contribution in [0.4, 0.5) is 0 Å². The van der Waals surface area contributed by atoms with Crippen molar-refractivity contribution in [3.63, 3.8) is 0 Å². The number of carbonyl (C=O) groups excluding carboxylic acids is 3. The molecule has 0 saturated carbocycles. The summed E-state index contributed by atoms with van der Waals surface area (Å²) in [6.45, 7) is 6.32. The quantitative estimate of drug-likeness (QED) is 0.371. The Bertz CT molecular complexity index is 1170. The van der Waals surface area contributed by atoms with E-state index in [4.69, 9.17) is 5.73 Å². The molecular weight excluding hydrogens is 454 g/mol. The fraction of sp³-hybridized carbons (Fsp3) is 0.276. The van der Waals surface area contributed by atoms with E-state index in [1.165, 1.54) is 0 Å². The third-order valence-electron chi connectivity index (χ3n) is 5.99. The zero-order valence-electron chi connectivity index (χ0n) is 20.8. The van der Waals surface area contributed by atoms with Gasteiger partial charge in [0.15, 0.2) is 6.10 Å². The van der Waals surface area contributed by atoms with Crippen LogP contribution in [0.5, 0.6) is 0 Å². The molecule has 188 valence electrons. The molecule has 3 atom stereocenters. The summed E-state index contributed by atoms with van der Waals surface area (Å²) in [5.74, 6) is -1.98. The van der Waals surface area contributed by atoms with Crippen LogP contribution in [-0.2, 0) is 21.4 Å². The standard InChI is InChI=1S/C29H33N3O4/c1-29(2,3)22-16-14-19(15-17-22)18-23(26(30)34)31-28(36)25(33)24(20-10-6-4-7-11-20)32-27(35)21-12-8-5-9-13-21/h4-17,23-25,33H,18H2,1-3H3,(H2,30,34)(H,31,36)(H,32,35)/t23-,24-,25+/m0/s1. The van der Waals surface area contributed by atoms with Crippen LogP contribution < -0.4 is 16.4 Å². The van der Waals surface area contributed by atoms with Crippen LogP contribution >= 0.6 is 0 Å². The lowest BCUT2D eigenvalue weighted by atomic mass is 9.86. The van der Waals surface area contributed by atoms with E-state index in [-0.39, 0.29) is 11.8 Å². The lowest BCUT2D eigenvalue weighted by Crippen LogP contribution is -2.52. The van der Waals surface area contributed by atoms with Gasteiger partial charge in [0.2, 0.25) is 5.91 Å². The van der Waals surface area contributed by atoms with Crippen molar-refractivity contribution in [3.8, 4) is 0 Å². The third-order valence-corrected chi connectivity index (χ3v) is 5.99. The summed E-state index contributed by atoms with van der Waals surface area (Å²) in [6, 6.07) is 22.9. The Labute approximate surface area is 211 Å². The summed E-state index contributed by atoms with van der Waals surface area (Å²) in [7, 11) is 0. The van der Waals surface area contributed by atoms with E-state index in [9.17, 15) is 19.5 Å². The van der Waals surface area contributed by atoms with Crippen molar-refractivity contribution in [2.75, 3.05) is 0 Å². The highest BCUT2D eigenvalue weighted by Crippen LogP contribution is 2.23. The number of rotatable bonds is 9. The number of aliphatic hydroxyl groups is 1. The van der Waals surface area contributed by atoms with Gasteiger partial charge in [0, 0.05) is 12.0 Å². The predicted molar refractivity (Wildman–Crippen MR) is 139 cm³/mol. The first-order chi connectivity index (χ1) is 17.1. The van der Waals surface area contributed by atoms with Gasteiger partial charge in [0.25, 0.3) is 11.8 Å². The maximum absolute atomic E-state index is 13.0. The fourth-order valence-corrected chi connectivity index (χ4v) is 3.83. The minimum Gasteiger partial charge on any atom is -0.381 e. The van der Waals surface area contributed by atoms with Gasteiger partial charge >= 0.3 is 0 Å². The summed E-state index contributed by atoms with van der Waals surface area (Å²) < 4.78 is 0. The molecule has 7 nitrogen and oxygen atoms in total. The molecule has 0 aliphatic heterocycles. The average molecular weight is 488 g/mol. The number of primary amides is 1. The van der Waals surface area contributed by atoms with Crippen molar-refractivity contribution in [2.45, 2.75) is 50.8 Å². The van der Waals surface area contributed by atoms with Gasteiger partial charge in [-0.2, -0.15) is 0 Å². The molecule has 0 saturated heterocycles. The van der Waals surface area contributed by atoms with E-state index in [2.05, 4.69) is 31.4 Å². The van der Waals surface area contributed by atoms with Crippen molar-refractivity contribution < 1.29 is 19.5 Å². The molecule has 0 aromatic heterocycles. The number of amides is 3. The third kappa shape index (κ3) is 7.02. The van der Waals surface area contributed by atoms with Crippen molar-refractivity contribution in [3.05, 3.63) is 107 Å². The zero-order valence-corrected chi connectivity index (χ0v) is 20.8. The molecule has 3 rings (SSSR count). The highest BCUT2D eigenvalue weighted by atomic mass is 16.3. The molecule has 0 radical (unpaired) electrons. The molecule has 3 amide bonds. The van der Waals surface area contributed by atoms with Gasteiger partial charge < -0.3 is 21.5 Å². The second-order valence-corrected chi connectivity index (χ2v) is 9.79. The average Bonchev–Trinajstić information content (AvgIpc) is 2.87. The Morgan fingerprint density at radius 1 is 0.833 bits per heavy atom. The number of hydrogen-bond acceptors (Lipinski definition) is 4. The van der Waals surface area contributed by atoms with Crippen LogP contribution in [0, 0.1) is 0 Å². The Kier molecular flexibility index (Phi) is 8.61. The maximum atomic E-state index is 13.0. The van der Waals surface area contributed by atoms with Crippen molar-refractivity contribution in [1.82, 2.24) is 10.6 Å². The Hall–Kier alpha value is -3.97. The monoisotopic (exact) mass is 487 g/mol. The molecule has 0 unspecified atom stereocenters. The maximum Gasteiger partial charge on any atom is 0.252 e. The first kappa shape index (κ1) is 26.6. The van der Waals surface area contributed by atoms with E-state index < -0.39 is 35.9 Å². The Balaban J connectivity index is 1.76. The zero-order chi connectivity index (χ0) is 26.3. The molecule has 36 heavy (non-hydrogen) atoms. The van der Waals surface area contributed by atoms with Crippen LogP contribution in [0.2, 0.25) is 0 Å². The predicted octanol–water partition coefficient (Wildman–Crippen LogP) is 3.03. The Morgan fingerprint density at radius 2 is 1.39 bits per heavy atom. The van der Waals surface area contributed by atoms with Crippen molar-refractivity contribution >= 4 is 17.7 Å². The van der Waals surface area contributed by atoms with Gasteiger partial charge in [0.1, 0.15) is 6.04 Å². The van der Waals surface area contributed by atoms with E-state index in [1.54, 1.807) is 60.7 Å². The van der Waals surface area contributed by atoms with E-state index >= 15 is 0 Å². The van der Waals surface area contributed by atoms with Gasteiger partial charge in [-0.3, -0.25) is 14.4 Å². The number of aliphatic hydroxyl groups excluding tert-OH is 1. The molecular formula is C29H33N3O4. The van der Waals surface area contributed by atoms with Crippen LogP contribution in [0.3, 0.4) is 0 Å². The summed E-state index contributed by atoms with van der Waals surface area (Å²) in [5.41, 5.74) is 8.44. The number of hydrogen-bond donors (Lipinski definition) is 4. The van der Waals surface area contributed by atoms with Gasteiger partial charge in [-0.1, -0.05) is 93.6 Å². The molecule has 3 aromatic rings. The minimum atomic E-state index is -1.66. The highest BCUT2D eigenvalue weighted by molar-refractivity contribution is 5.95. The number of nitrogens with two attached hydrogens (primary N) is 1. The Morgan fingerprint density at radius 3 is 1.92 bits per heavy atom. The molecule has 7 heteroatoms. The SMILES string of the molecule is CC(C)(C)c1ccc(C[C@H](NC(=O)[C@H](O)[C@@H](NC(=O)c2ccccc2)c2ccccc2)C(N)=O)cc1. The van der Waals surface area contributed by atoms with Gasteiger partial charge in [-0.15, -0.1) is 0 Å². The smallest absolute Gasteiger partial charge is 0.252 e. The van der Waals surface area contributed by atoms with E-state index in [0.29, 0.717) is 11.1 Å². The summed E-state index contributed by atoms with van der Waals surface area (Å²) in [6.07, 6.45) is -1.49. The van der Waals surface area contributed by atoms with Gasteiger partial charge in [-0.05, 0) is 34.2 Å². The largest absolute Gasteiger partial charge is 0.381 e. The lowest BCUT2D eigenvalue weighted by molar-refractivity contribution is -0.134. The molecule has 0 heterocycles. The molecule has 5 N–H and O–H groups in total. The molecule has 3 aromatic carbocycles. The molecule has 0 aliphatic carbocycles. The van der Waals surface area contributed by atoms with Gasteiger partial charge in [0.05, 0.1) is 6.04 Å². The fourth-order valence-electron chi connectivity index (χ4n) is 3.83. The van der Waals surface area contributed by atoms with Gasteiger partial charge in [-0.25, -0.2) is 0 Å². The van der Waals surface area contributed by atoms with E-state index in [1.807, 2.05) is 24.3 Å². The van der Waals surface area contributed by atoms with E-state index in [0.717, 1.165) is 11.1 Å². The lowest BCUT2D eigenvalue weighted by Gasteiger charge is -2.26. The summed E-state index contributed by atoms with van der Waals surface area (Å²) in [4.78, 5) is 38.0. The summed E-state index contributed by atoms with van der Waals surface area (Å²) >= 11 is 0. The minimum absolute atomic E-state index is 0.0173. The first-order valence-electron chi connectivity index (χ1n) is 11.8. The summed E-state index contributed by atoms with van der Waals surface area (Å²) in [5, 5.41) is 16.3. The number of nitrogens with one attached hydrogen (secondary N) is 2. The second kappa shape index (κ2) is 11.6. The second-order valence-electron chi connectivity index (χ2n) is 9.79. The molecule has 0 fully saturated rings. The van der Waals surface area contributed by atoms with Crippen molar-refractivity contribution in [2.24, 2.45) is 5.73 Å². The molecule has 0 spiro atoms.